The van der Waals surface area contributed by atoms with Gasteiger partial charge in [0.2, 0.25) is 5.91 Å². The molecule has 0 spiro atoms. The standard InChI is InChI=1S/C19H20N2O/c1-2-6-18(16-7-4-3-5-8-16)19(22)21-17-11-9-15(10-12-17)13-14-20/h3-5,7-12,18H,2,6,13H2,1H3,(H,21,22)/t18-/m1/s1. The SMILES string of the molecule is CCC[C@@H](C(=O)Nc1ccc(CC#N)cc1)c1ccccc1. The zero-order valence-electron chi connectivity index (χ0n) is 12.8. The zero-order valence-corrected chi connectivity index (χ0v) is 12.8. The van der Waals surface area contributed by atoms with E-state index in [0.29, 0.717) is 6.42 Å². The molecule has 2 aromatic rings. The van der Waals surface area contributed by atoms with Crippen molar-refractivity contribution in [2.24, 2.45) is 0 Å². The molecule has 0 bridgehead atoms. The summed E-state index contributed by atoms with van der Waals surface area (Å²) in [6.07, 6.45) is 2.16. The Kier molecular flexibility index (Phi) is 5.73. The van der Waals surface area contributed by atoms with E-state index in [0.717, 1.165) is 29.7 Å². The van der Waals surface area contributed by atoms with Crippen molar-refractivity contribution in [1.29, 1.82) is 5.26 Å². The lowest BCUT2D eigenvalue weighted by atomic mass is 9.93. The third-order valence-electron chi connectivity index (χ3n) is 3.60. The number of hydrogen-bond donors (Lipinski definition) is 1. The molecule has 1 N–H and O–H groups in total. The minimum Gasteiger partial charge on any atom is -0.326 e. The molecule has 0 aliphatic rings. The quantitative estimate of drug-likeness (QED) is 0.864. The smallest absolute Gasteiger partial charge is 0.231 e. The Bertz CT molecular complexity index is 641. The van der Waals surface area contributed by atoms with Crippen molar-refractivity contribution in [1.82, 2.24) is 0 Å². The molecular weight excluding hydrogens is 272 g/mol. The normalized spacial score (nSPS) is 11.5. The van der Waals surface area contributed by atoms with Gasteiger partial charge in [-0.25, -0.2) is 0 Å². The molecule has 1 atom stereocenters. The fraction of sp³-hybridized carbons (Fsp3) is 0.263. The Labute approximate surface area is 131 Å². The van der Waals surface area contributed by atoms with Crippen molar-refractivity contribution < 1.29 is 4.79 Å². The van der Waals surface area contributed by atoms with E-state index in [1.54, 1.807) is 0 Å². The summed E-state index contributed by atoms with van der Waals surface area (Å²) in [5.41, 5.74) is 2.76. The molecule has 3 nitrogen and oxygen atoms in total. The van der Waals surface area contributed by atoms with Gasteiger partial charge in [-0.1, -0.05) is 55.8 Å². The predicted octanol–water partition coefficient (Wildman–Crippen LogP) is 4.28. The number of hydrogen-bond acceptors (Lipinski definition) is 2. The van der Waals surface area contributed by atoms with Gasteiger partial charge in [0.05, 0.1) is 18.4 Å². The molecule has 22 heavy (non-hydrogen) atoms. The van der Waals surface area contributed by atoms with E-state index in [9.17, 15) is 4.79 Å². The molecule has 2 aromatic carbocycles. The summed E-state index contributed by atoms with van der Waals surface area (Å²) in [7, 11) is 0. The number of rotatable bonds is 6. The first-order valence-corrected chi connectivity index (χ1v) is 7.56. The number of nitrogens with one attached hydrogen (secondary N) is 1. The van der Waals surface area contributed by atoms with Crippen LogP contribution in [0.3, 0.4) is 0 Å². The van der Waals surface area contributed by atoms with E-state index in [-0.39, 0.29) is 11.8 Å². The maximum Gasteiger partial charge on any atom is 0.231 e. The Morgan fingerprint density at radius 1 is 1.14 bits per heavy atom. The number of anilines is 1. The van der Waals surface area contributed by atoms with Gasteiger partial charge in [-0.3, -0.25) is 4.79 Å². The number of carbonyl (C=O) groups excluding carboxylic acids is 1. The van der Waals surface area contributed by atoms with Crippen LogP contribution in [0.1, 0.15) is 36.8 Å². The van der Waals surface area contributed by atoms with Crippen molar-refractivity contribution in [3.05, 3.63) is 65.7 Å². The predicted molar refractivity (Wildman–Crippen MR) is 88.5 cm³/mol. The summed E-state index contributed by atoms with van der Waals surface area (Å²) in [5.74, 6) is -0.119. The average molecular weight is 292 g/mol. The van der Waals surface area contributed by atoms with Crippen LogP contribution in [-0.4, -0.2) is 5.91 Å². The highest BCUT2D eigenvalue weighted by Crippen LogP contribution is 2.23. The number of carbonyl (C=O) groups is 1. The summed E-state index contributed by atoms with van der Waals surface area (Å²) < 4.78 is 0. The second kappa shape index (κ2) is 7.99. The van der Waals surface area contributed by atoms with Crippen LogP contribution in [0.15, 0.2) is 54.6 Å². The van der Waals surface area contributed by atoms with Gasteiger partial charge in [-0.2, -0.15) is 5.26 Å². The molecule has 0 aromatic heterocycles. The third-order valence-corrected chi connectivity index (χ3v) is 3.60. The third kappa shape index (κ3) is 4.20. The second-order valence-corrected chi connectivity index (χ2v) is 5.27. The Morgan fingerprint density at radius 3 is 2.41 bits per heavy atom. The van der Waals surface area contributed by atoms with E-state index in [1.807, 2.05) is 54.6 Å². The topological polar surface area (TPSA) is 52.9 Å². The van der Waals surface area contributed by atoms with E-state index in [4.69, 9.17) is 5.26 Å². The van der Waals surface area contributed by atoms with Crippen LogP contribution in [0.5, 0.6) is 0 Å². The van der Waals surface area contributed by atoms with Crippen LogP contribution >= 0.6 is 0 Å². The first kappa shape index (κ1) is 15.8. The van der Waals surface area contributed by atoms with Gasteiger partial charge in [-0.05, 0) is 29.7 Å². The second-order valence-electron chi connectivity index (χ2n) is 5.27. The van der Waals surface area contributed by atoms with Crippen LogP contribution in [0.4, 0.5) is 5.69 Å². The Hall–Kier alpha value is -2.60. The lowest BCUT2D eigenvalue weighted by Crippen LogP contribution is -2.21. The molecule has 0 radical (unpaired) electrons. The molecule has 0 saturated carbocycles. The van der Waals surface area contributed by atoms with Gasteiger partial charge < -0.3 is 5.32 Å². The molecule has 2 rings (SSSR count). The lowest BCUT2D eigenvalue weighted by molar-refractivity contribution is -0.117. The van der Waals surface area contributed by atoms with E-state index >= 15 is 0 Å². The van der Waals surface area contributed by atoms with E-state index in [1.165, 1.54) is 0 Å². The van der Waals surface area contributed by atoms with Crippen LogP contribution in [0, 0.1) is 11.3 Å². The van der Waals surface area contributed by atoms with Crippen molar-refractivity contribution in [2.45, 2.75) is 32.1 Å². The highest BCUT2D eigenvalue weighted by molar-refractivity contribution is 5.95. The van der Waals surface area contributed by atoms with Gasteiger partial charge in [0.25, 0.3) is 0 Å². The van der Waals surface area contributed by atoms with Crippen LogP contribution < -0.4 is 5.32 Å². The minimum atomic E-state index is -0.134. The van der Waals surface area contributed by atoms with Gasteiger partial charge in [0.1, 0.15) is 0 Å². The molecule has 0 aliphatic heterocycles. The number of nitrogens with zero attached hydrogens (tertiary/aromatic N) is 1. The Balaban J connectivity index is 2.09. The molecule has 0 fully saturated rings. The largest absolute Gasteiger partial charge is 0.326 e. The van der Waals surface area contributed by atoms with Crippen molar-refractivity contribution in [3.63, 3.8) is 0 Å². The number of amides is 1. The number of nitriles is 1. The summed E-state index contributed by atoms with van der Waals surface area (Å²) in [5, 5.41) is 11.6. The summed E-state index contributed by atoms with van der Waals surface area (Å²) in [6.45, 7) is 2.08. The highest BCUT2D eigenvalue weighted by Gasteiger charge is 2.19. The van der Waals surface area contributed by atoms with Crippen molar-refractivity contribution in [3.8, 4) is 6.07 Å². The van der Waals surface area contributed by atoms with E-state index < -0.39 is 0 Å². The first-order chi connectivity index (χ1) is 10.7. The molecule has 0 unspecified atom stereocenters. The minimum absolute atomic E-state index is 0.0149. The van der Waals surface area contributed by atoms with Gasteiger partial charge in [0, 0.05) is 5.69 Å². The maximum absolute atomic E-state index is 12.6. The summed E-state index contributed by atoms with van der Waals surface area (Å²) in [4.78, 5) is 12.6. The van der Waals surface area contributed by atoms with E-state index in [2.05, 4.69) is 18.3 Å². The summed E-state index contributed by atoms with van der Waals surface area (Å²) >= 11 is 0. The fourth-order valence-electron chi connectivity index (χ4n) is 2.45. The van der Waals surface area contributed by atoms with Gasteiger partial charge in [-0.15, -0.1) is 0 Å². The molecule has 1 amide bonds. The highest BCUT2D eigenvalue weighted by atomic mass is 16.1. The molecule has 112 valence electrons. The molecule has 0 heterocycles. The zero-order chi connectivity index (χ0) is 15.8. The molecule has 3 heteroatoms. The van der Waals surface area contributed by atoms with Gasteiger partial charge >= 0.3 is 0 Å². The van der Waals surface area contributed by atoms with Crippen molar-refractivity contribution in [2.75, 3.05) is 5.32 Å². The maximum atomic E-state index is 12.6. The van der Waals surface area contributed by atoms with Crippen LogP contribution in [0.2, 0.25) is 0 Å². The monoisotopic (exact) mass is 292 g/mol. The van der Waals surface area contributed by atoms with Crippen molar-refractivity contribution >= 4 is 11.6 Å². The average Bonchev–Trinajstić information content (AvgIpc) is 2.55. The number of benzene rings is 2. The molecule has 0 saturated heterocycles. The first-order valence-electron chi connectivity index (χ1n) is 7.56. The molecule has 0 aliphatic carbocycles. The van der Waals surface area contributed by atoms with Crippen LogP contribution in [-0.2, 0) is 11.2 Å². The van der Waals surface area contributed by atoms with Gasteiger partial charge in [0.15, 0.2) is 0 Å². The summed E-state index contributed by atoms with van der Waals surface area (Å²) in [6, 6.07) is 19.4. The lowest BCUT2D eigenvalue weighted by Gasteiger charge is -2.16. The van der Waals surface area contributed by atoms with Crippen LogP contribution in [0.25, 0.3) is 0 Å². The molecular formula is C19H20N2O. The fourth-order valence-corrected chi connectivity index (χ4v) is 2.45. The Morgan fingerprint density at radius 2 is 1.82 bits per heavy atom.